The molecule has 1 N–H and O–H groups in total. The van der Waals surface area contributed by atoms with Gasteiger partial charge in [-0.2, -0.15) is 5.26 Å². The van der Waals surface area contributed by atoms with Crippen molar-refractivity contribution in [1.29, 1.82) is 5.26 Å². The van der Waals surface area contributed by atoms with Crippen molar-refractivity contribution in [2.24, 2.45) is 0 Å². The summed E-state index contributed by atoms with van der Waals surface area (Å²) >= 11 is 0. The van der Waals surface area contributed by atoms with Crippen LogP contribution in [0.25, 0.3) is 0 Å². The van der Waals surface area contributed by atoms with Crippen LogP contribution in [0.4, 0.5) is 0 Å². The average Bonchev–Trinajstić information content (AvgIpc) is 2.32. The molecule has 1 unspecified atom stereocenters. The molecule has 1 aromatic rings. The Kier molecular flexibility index (Phi) is 5.18. The Bertz CT molecular complexity index is 415. The third kappa shape index (κ3) is 4.77. The fourth-order valence-corrected chi connectivity index (χ4v) is 1.63. The maximum Gasteiger partial charge on any atom is 0.121 e. The molecule has 0 amide bonds. The van der Waals surface area contributed by atoms with Crippen LogP contribution in [-0.2, 0) is 0 Å². The summed E-state index contributed by atoms with van der Waals surface area (Å²) in [4.78, 5) is 0. The summed E-state index contributed by atoms with van der Waals surface area (Å²) in [5.41, 5.74) is 0.849. The van der Waals surface area contributed by atoms with Crippen LogP contribution in [0.5, 0.6) is 5.75 Å². The van der Waals surface area contributed by atoms with E-state index in [0.717, 1.165) is 17.7 Å². The van der Waals surface area contributed by atoms with Crippen molar-refractivity contribution in [3.05, 3.63) is 29.8 Å². The molecule has 1 atom stereocenters. The zero-order chi connectivity index (χ0) is 13.6. The van der Waals surface area contributed by atoms with Crippen LogP contribution < -0.4 is 10.1 Å². The van der Waals surface area contributed by atoms with Gasteiger partial charge in [0.15, 0.2) is 0 Å². The number of benzene rings is 1. The lowest BCUT2D eigenvalue weighted by atomic mass is 10.0. The summed E-state index contributed by atoms with van der Waals surface area (Å²) in [5.74, 6) is 0.824. The van der Waals surface area contributed by atoms with Crippen LogP contribution in [-0.4, -0.2) is 12.1 Å². The third-order valence-corrected chi connectivity index (χ3v) is 2.37. The second-order valence-corrected chi connectivity index (χ2v) is 5.38. The van der Waals surface area contributed by atoms with Gasteiger partial charge in [0.1, 0.15) is 11.8 Å². The Morgan fingerprint density at radius 3 is 2.67 bits per heavy atom. The second-order valence-electron chi connectivity index (χ2n) is 5.38. The first-order valence-electron chi connectivity index (χ1n) is 6.36. The highest BCUT2D eigenvalue weighted by Crippen LogP contribution is 2.21. The molecule has 0 heterocycles. The summed E-state index contributed by atoms with van der Waals surface area (Å²) in [6.45, 7) is 8.93. The molecule has 3 heteroatoms. The molecule has 0 aromatic heterocycles. The first-order valence-corrected chi connectivity index (χ1v) is 6.36. The molecule has 3 nitrogen and oxygen atoms in total. The molecule has 0 bridgehead atoms. The first kappa shape index (κ1) is 14.5. The molecule has 98 valence electrons. The van der Waals surface area contributed by atoms with E-state index in [-0.39, 0.29) is 11.6 Å². The van der Waals surface area contributed by atoms with Gasteiger partial charge < -0.3 is 4.74 Å². The van der Waals surface area contributed by atoms with Crippen molar-refractivity contribution in [3.63, 3.8) is 0 Å². The first-order chi connectivity index (χ1) is 8.46. The van der Waals surface area contributed by atoms with Gasteiger partial charge >= 0.3 is 0 Å². The summed E-state index contributed by atoms with van der Waals surface area (Å²) in [5, 5.41) is 12.5. The van der Waals surface area contributed by atoms with Gasteiger partial charge in [-0.3, -0.25) is 5.32 Å². The predicted molar refractivity (Wildman–Crippen MR) is 73.5 cm³/mol. The number of hydrogen-bond donors (Lipinski definition) is 1. The minimum Gasteiger partial charge on any atom is -0.494 e. The maximum atomic E-state index is 9.26. The van der Waals surface area contributed by atoms with Gasteiger partial charge in [-0.05, 0) is 44.9 Å². The van der Waals surface area contributed by atoms with E-state index in [0.29, 0.717) is 6.61 Å². The predicted octanol–water partition coefficient (Wildman–Crippen LogP) is 3.43. The fourth-order valence-electron chi connectivity index (χ4n) is 1.63. The summed E-state index contributed by atoms with van der Waals surface area (Å²) in [6, 6.07) is 9.71. The molecule has 0 aliphatic heterocycles. The van der Waals surface area contributed by atoms with Gasteiger partial charge in [0.2, 0.25) is 0 Å². The van der Waals surface area contributed by atoms with Crippen molar-refractivity contribution in [2.45, 2.75) is 45.7 Å². The van der Waals surface area contributed by atoms with E-state index < -0.39 is 0 Å². The Hall–Kier alpha value is -1.53. The van der Waals surface area contributed by atoms with Crippen molar-refractivity contribution in [1.82, 2.24) is 5.32 Å². The van der Waals surface area contributed by atoms with Gasteiger partial charge in [-0.25, -0.2) is 0 Å². The molecule has 0 spiro atoms. The van der Waals surface area contributed by atoms with Crippen molar-refractivity contribution in [3.8, 4) is 11.8 Å². The standard InChI is InChI=1S/C15H22N2O/c1-5-9-18-13-8-6-7-12(10-13)14(11-16)17-15(2,3)4/h6-8,10,14,17H,5,9H2,1-4H3. The molecule has 0 saturated carbocycles. The molecule has 0 aliphatic rings. The lowest BCUT2D eigenvalue weighted by molar-refractivity contribution is 0.316. The Balaban J connectivity index is 2.83. The molecule has 0 fully saturated rings. The van der Waals surface area contributed by atoms with Crippen LogP contribution >= 0.6 is 0 Å². The molecular weight excluding hydrogens is 224 g/mol. The number of hydrogen-bond acceptors (Lipinski definition) is 3. The molecule has 1 aromatic carbocycles. The normalized spacial score (nSPS) is 12.8. The molecular formula is C15H22N2O. The summed E-state index contributed by atoms with van der Waals surface area (Å²) in [7, 11) is 0. The van der Waals surface area contributed by atoms with Gasteiger partial charge in [0, 0.05) is 5.54 Å². The fraction of sp³-hybridized carbons (Fsp3) is 0.533. The maximum absolute atomic E-state index is 9.26. The van der Waals surface area contributed by atoms with Crippen LogP contribution in [0.2, 0.25) is 0 Å². The van der Waals surface area contributed by atoms with Gasteiger partial charge in [0.25, 0.3) is 0 Å². The van der Waals surface area contributed by atoms with Gasteiger partial charge in [-0.15, -0.1) is 0 Å². The molecule has 18 heavy (non-hydrogen) atoms. The Labute approximate surface area is 110 Å². The smallest absolute Gasteiger partial charge is 0.121 e. The summed E-state index contributed by atoms with van der Waals surface area (Å²) < 4.78 is 5.58. The monoisotopic (exact) mass is 246 g/mol. The zero-order valence-corrected chi connectivity index (χ0v) is 11.7. The van der Waals surface area contributed by atoms with Crippen molar-refractivity contribution >= 4 is 0 Å². The van der Waals surface area contributed by atoms with E-state index in [9.17, 15) is 5.26 Å². The van der Waals surface area contributed by atoms with E-state index in [1.807, 2.05) is 24.3 Å². The largest absolute Gasteiger partial charge is 0.494 e. The highest BCUT2D eigenvalue weighted by Gasteiger charge is 2.18. The minimum atomic E-state index is -0.310. The van der Waals surface area contributed by atoms with E-state index in [2.05, 4.69) is 39.1 Å². The van der Waals surface area contributed by atoms with Crippen LogP contribution in [0.3, 0.4) is 0 Å². The lowest BCUT2D eigenvalue weighted by Crippen LogP contribution is -2.38. The lowest BCUT2D eigenvalue weighted by Gasteiger charge is -2.24. The number of rotatable bonds is 5. The molecule has 0 saturated heterocycles. The third-order valence-electron chi connectivity index (χ3n) is 2.37. The number of ether oxygens (including phenoxy) is 1. The quantitative estimate of drug-likeness (QED) is 0.865. The summed E-state index contributed by atoms with van der Waals surface area (Å²) in [6.07, 6.45) is 0.978. The van der Waals surface area contributed by atoms with Crippen LogP contribution in [0.15, 0.2) is 24.3 Å². The van der Waals surface area contributed by atoms with Crippen molar-refractivity contribution in [2.75, 3.05) is 6.61 Å². The topological polar surface area (TPSA) is 45.0 Å². The zero-order valence-electron chi connectivity index (χ0n) is 11.7. The van der Waals surface area contributed by atoms with E-state index in [1.165, 1.54) is 0 Å². The SMILES string of the molecule is CCCOc1cccc(C(C#N)NC(C)(C)C)c1. The van der Waals surface area contributed by atoms with Crippen LogP contribution in [0, 0.1) is 11.3 Å². The van der Waals surface area contributed by atoms with E-state index >= 15 is 0 Å². The highest BCUT2D eigenvalue weighted by atomic mass is 16.5. The van der Waals surface area contributed by atoms with E-state index in [1.54, 1.807) is 0 Å². The van der Waals surface area contributed by atoms with Crippen LogP contribution in [0.1, 0.15) is 45.7 Å². The van der Waals surface area contributed by atoms with E-state index in [4.69, 9.17) is 4.74 Å². The Morgan fingerprint density at radius 2 is 2.11 bits per heavy atom. The number of nitrogens with zero attached hydrogens (tertiary/aromatic N) is 1. The number of nitrogens with one attached hydrogen (secondary N) is 1. The molecule has 0 aliphatic carbocycles. The highest BCUT2D eigenvalue weighted by molar-refractivity contribution is 5.33. The van der Waals surface area contributed by atoms with Crippen molar-refractivity contribution < 1.29 is 4.74 Å². The average molecular weight is 246 g/mol. The van der Waals surface area contributed by atoms with Gasteiger partial charge in [-0.1, -0.05) is 19.1 Å². The second kappa shape index (κ2) is 6.42. The number of nitriles is 1. The Morgan fingerprint density at radius 1 is 1.39 bits per heavy atom. The van der Waals surface area contributed by atoms with Gasteiger partial charge in [0.05, 0.1) is 12.7 Å². The molecule has 1 rings (SSSR count). The molecule has 0 radical (unpaired) electrons. The minimum absolute atomic E-state index is 0.0966.